The topological polar surface area (TPSA) is 53.4 Å². The van der Waals surface area contributed by atoms with E-state index in [0.717, 1.165) is 36.4 Å². The Labute approximate surface area is 99.9 Å². The summed E-state index contributed by atoms with van der Waals surface area (Å²) >= 11 is 1.39. The number of aliphatic hydroxyl groups excluding tert-OH is 1. The highest BCUT2D eigenvalue weighted by atomic mass is 32.1. The molecular weight excluding hydrogens is 224 g/mol. The lowest BCUT2D eigenvalue weighted by molar-refractivity contribution is 0.0796. The Hall–Kier alpha value is -0.940. The second-order valence-electron chi connectivity index (χ2n) is 3.78. The number of nitrogens with zero attached hydrogens (tertiary/aromatic N) is 2. The van der Waals surface area contributed by atoms with E-state index in [-0.39, 0.29) is 12.5 Å². The van der Waals surface area contributed by atoms with E-state index >= 15 is 0 Å². The molecule has 0 fully saturated rings. The van der Waals surface area contributed by atoms with Crippen LogP contribution < -0.4 is 0 Å². The van der Waals surface area contributed by atoms with E-state index in [1.165, 1.54) is 11.3 Å². The quantitative estimate of drug-likeness (QED) is 0.772. The van der Waals surface area contributed by atoms with Gasteiger partial charge in [0.05, 0.1) is 11.2 Å². The normalized spacial score (nSPS) is 10.4. The molecule has 1 heterocycles. The molecule has 0 radical (unpaired) electrons. The highest BCUT2D eigenvalue weighted by molar-refractivity contribution is 7.11. The minimum Gasteiger partial charge on any atom is -0.396 e. The molecule has 0 aliphatic carbocycles. The molecule has 0 aliphatic rings. The summed E-state index contributed by atoms with van der Waals surface area (Å²) in [5, 5.41) is 8.64. The first-order chi connectivity index (χ1) is 7.66. The molecule has 0 aromatic carbocycles. The summed E-state index contributed by atoms with van der Waals surface area (Å²) in [5.74, 6) is 0.0454. The van der Waals surface area contributed by atoms with E-state index in [2.05, 4.69) is 4.98 Å². The molecule has 4 nitrogen and oxygen atoms in total. The van der Waals surface area contributed by atoms with Gasteiger partial charge in [-0.15, -0.1) is 11.3 Å². The summed E-state index contributed by atoms with van der Waals surface area (Å²) in [6, 6.07) is 0. The Morgan fingerprint density at radius 2 is 2.25 bits per heavy atom. The lowest BCUT2D eigenvalue weighted by Gasteiger charge is -2.16. The molecule has 0 saturated carbocycles. The molecule has 0 atom stereocenters. The summed E-state index contributed by atoms with van der Waals surface area (Å²) in [4.78, 5) is 18.5. The molecule has 1 aromatic rings. The second kappa shape index (κ2) is 6.60. The van der Waals surface area contributed by atoms with E-state index in [4.69, 9.17) is 5.11 Å². The lowest BCUT2D eigenvalue weighted by Crippen LogP contribution is -2.27. The first-order valence-electron chi connectivity index (χ1n) is 5.43. The third kappa shape index (κ3) is 3.57. The molecule has 1 aromatic heterocycles. The van der Waals surface area contributed by atoms with Crippen LogP contribution in [-0.4, -0.2) is 41.1 Å². The van der Waals surface area contributed by atoms with Gasteiger partial charge >= 0.3 is 0 Å². The van der Waals surface area contributed by atoms with Crippen LogP contribution in [0, 0.1) is 6.92 Å². The van der Waals surface area contributed by atoms with Crippen molar-refractivity contribution in [2.24, 2.45) is 0 Å². The summed E-state index contributed by atoms with van der Waals surface area (Å²) in [6.07, 6.45) is 2.69. The van der Waals surface area contributed by atoms with E-state index < -0.39 is 0 Å². The Kier molecular flexibility index (Phi) is 5.42. The Balaban J connectivity index is 2.40. The van der Waals surface area contributed by atoms with Gasteiger partial charge in [0.1, 0.15) is 4.88 Å². The molecule has 16 heavy (non-hydrogen) atoms. The highest BCUT2D eigenvalue weighted by Gasteiger charge is 2.15. The molecule has 1 rings (SSSR count). The second-order valence-corrected chi connectivity index (χ2v) is 4.63. The SMILES string of the molecule is Cc1ncsc1C(=O)N(C)CCCCCO. The van der Waals surface area contributed by atoms with Crippen molar-refractivity contribution in [3.8, 4) is 0 Å². The fourth-order valence-electron chi connectivity index (χ4n) is 1.42. The van der Waals surface area contributed by atoms with Crippen LogP contribution in [0.15, 0.2) is 5.51 Å². The summed E-state index contributed by atoms with van der Waals surface area (Å²) < 4.78 is 0. The number of carbonyl (C=O) groups is 1. The Morgan fingerprint density at radius 1 is 1.50 bits per heavy atom. The Morgan fingerprint density at radius 3 is 2.81 bits per heavy atom. The zero-order valence-electron chi connectivity index (χ0n) is 9.77. The maximum absolute atomic E-state index is 11.9. The van der Waals surface area contributed by atoms with Crippen LogP contribution in [-0.2, 0) is 0 Å². The minimum atomic E-state index is 0.0454. The average Bonchev–Trinajstić information content (AvgIpc) is 2.69. The van der Waals surface area contributed by atoms with Crippen molar-refractivity contribution in [1.29, 1.82) is 0 Å². The smallest absolute Gasteiger partial charge is 0.265 e. The van der Waals surface area contributed by atoms with Gasteiger partial charge in [-0.05, 0) is 26.2 Å². The van der Waals surface area contributed by atoms with Gasteiger partial charge in [-0.3, -0.25) is 4.79 Å². The molecule has 0 saturated heterocycles. The Bertz CT molecular complexity index is 338. The number of carbonyl (C=O) groups excluding carboxylic acids is 1. The number of rotatable bonds is 6. The minimum absolute atomic E-state index is 0.0454. The monoisotopic (exact) mass is 242 g/mol. The molecule has 90 valence electrons. The van der Waals surface area contributed by atoms with E-state index in [1.54, 1.807) is 17.5 Å². The summed E-state index contributed by atoms with van der Waals surface area (Å²) in [6.45, 7) is 2.81. The zero-order chi connectivity index (χ0) is 12.0. The van der Waals surface area contributed by atoms with Gasteiger partial charge < -0.3 is 10.0 Å². The van der Waals surface area contributed by atoms with Gasteiger partial charge in [0.25, 0.3) is 5.91 Å². The van der Waals surface area contributed by atoms with E-state index in [1.807, 2.05) is 6.92 Å². The van der Waals surface area contributed by atoms with Crippen LogP contribution in [0.3, 0.4) is 0 Å². The van der Waals surface area contributed by atoms with Crippen LogP contribution in [0.2, 0.25) is 0 Å². The number of hydrogen-bond acceptors (Lipinski definition) is 4. The first-order valence-corrected chi connectivity index (χ1v) is 6.31. The number of aryl methyl sites for hydroxylation is 1. The van der Waals surface area contributed by atoms with Crippen molar-refractivity contribution in [1.82, 2.24) is 9.88 Å². The molecular formula is C11H18N2O2S. The van der Waals surface area contributed by atoms with Crippen LogP contribution >= 0.6 is 11.3 Å². The number of amides is 1. The summed E-state index contributed by atoms with van der Waals surface area (Å²) in [5.41, 5.74) is 2.50. The third-order valence-electron chi connectivity index (χ3n) is 2.44. The number of unbranched alkanes of at least 4 members (excludes halogenated alkanes) is 2. The molecule has 0 bridgehead atoms. The molecule has 1 amide bonds. The van der Waals surface area contributed by atoms with Crippen molar-refractivity contribution in [2.75, 3.05) is 20.2 Å². The van der Waals surface area contributed by atoms with Gasteiger partial charge in [-0.2, -0.15) is 0 Å². The number of hydrogen-bond donors (Lipinski definition) is 1. The van der Waals surface area contributed by atoms with E-state index in [0.29, 0.717) is 0 Å². The predicted octanol–water partition coefficient (Wildman–Crippen LogP) is 1.69. The standard InChI is InChI=1S/C11H18N2O2S/c1-9-10(16-8-12-9)11(15)13(2)6-4-3-5-7-14/h8,14H,3-7H2,1-2H3. The van der Waals surface area contributed by atoms with Crippen LogP contribution in [0.25, 0.3) is 0 Å². The fraction of sp³-hybridized carbons (Fsp3) is 0.636. The lowest BCUT2D eigenvalue weighted by atomic mass is 10.2. The number of thiazole rings is 1. The zero-order valence-corrected chi connectivity index (χ0v) is 10.6. The van der Waals surface area contributed by atoms with Gasteiger partial charge in [-0.25, -0.2) is 4.98 Å². The average molecular weight is 242 g/mol. The van der Waals surface area contributed by atoms with Gasteiger partial charge in [-0.1, -0.05) is 0 Å². The van der Waals surface area contributed by atoms with Crippen LogP contribution in [0.1, 0.15) is 34.6 Å². The molecule has 0 unspecified atom stereocenters. The fourth-order valence-corrected chi connectivity index (χ4v) is 2.22. The van der Waals surface area contributed by atoms with Gasteiger partial charge in [0.2, 0.25) is 0 Å². The number of aromatic nitrogens is 1. The maximum Gasteiger partial charge on any atom is 0.265 e. The van der Waals surface area contributed by atoms with Gasteiger partial charge in [0, 0.05) is 20.2 Å². The summed E-state index contributed by atoms with van der Waals surface area (Å²) in [7, 11) is 1.81. The van der Waals surface area contributed by atoms with Gasteiger partial charge in [0.15, 0.2) is 0 Å². The van der Waals surface area contributed by atoms with Crippen molar-refractivity contribution in [3.63, 3.8) is 0 Å². The largest absolute Gasteiger partial charge is 0.396 e. The maximum atomic E-state index is 11.9. The van der Waals surface area contributed by atoms with Crippen molar-refractivity contribution in [3.05, 3.63) is 16.1 Å². The van der Waals surface area contributed by atoms with Crippen LogP contribution in [0.4, 0.5) is 0 Å². The van der Waals surface area contributed by atoms with Crippen LogP contribution in [0.5, 0.6) is 0 Å². The molecule has 0 aliphatic heterocycles. The van der Waals surface area contributed by atoms with Crippen molar-refractivity contribution in [2.45, 2.75) is 26.2 Å². The molecule has 0 spiro atoms. The van der Waals surface area contributed by atoms with Crippen molar-refractivity contribution < 1.29 is 9.90 Å². The molecule has 5 heteroatoms. The first kappa shape index (κ1) is 13.1. The molecule has 1 N–H and O–H groups in total. The van der Waals surface area contributed by atoms with Crippen molar-refractivity contribution >= 4 is 17.2 Å². The van der Waals surface area contributed by atoms with E-state index in [9.17, 15) is 4.79 Å². The number of aliphatic hydroxyl groups is 1. The third-order valence-corrected chi connectivity index (χ3v) is 3.35. The predicted molar refractivity (Wildman–Crippen MR) is 64.7 cm³/mol. The highest BCUT2D eigenvalue weighted by Crippen LogP contribution is 2.14.